The molecule has 0 saturated heterocycles. The van der Waals surface area contributed by atoms with Gasteiger partial charge in [-0.05, 0) is 43.9 Å². The number of unbranched alkanes of at least 4 members (excludes halogenated alkanes) is 1. The van der Waals surface area contributed by atoms with Crippen molar-refractivity contribution < 1.29 is 4.74 Å². The van der Waals surface area contributed by atoms with Crippen LogP contribution in [-0.2, 0) is 12.8 Å². The molecule has 0 fully saturated rings. The second kappa shape index (κ2) is 7.23. The van der Waals surface area contributed by atoms with Crippen molar-refractivity contribution in [2.45, 2.75) is 52.4 Å². The van der Waals surface area contributed by atoms with E-state index in [0.717, 1.165) is 61.6 Å². The van der Waals surface area contributed by atoms with Crippen LogP contribution in [0.15, 0.2) is 29.3 Å². The van der Waals surface area contributed by atoms with Crippen LogP contribution in [0.1, 0.15) is 50.7 Å². The third-order valence-electron chi connectivity index (χ3n) is 6.37. The van der Waals surface area contributed by atoms with Gasteiger partial charge in [0.25, 0.3) is 0 Å². The van der Waals surface area contributed by atoms with Gasteiger partial charge in [0.05, 0.1) is 6.07 Å². The molecule has 0 bridgehead atoms. The van der Waals surface area contributed by atoms with Crippen molar-refractivity contribution in [3.05, 3.63) is 46.1 Å². The normalized spacial score (nSPS) is 17.1. The molecule has 4 nitrogen and oxygen atoms in total. The van der Waals surface area contributed by atoms with Gasteiger partial charge in [0.2, 0.25) is 5.36 Å². The van der Waals surface area contributed by atoms with Crippen molar-refractivity contribution in [1.82, 2.24) is 4.58 Å². The maximum absolute atomic E-state index is 6.41. The van der Waals surface area contributed by atoms with Crippen LogP contribution in [0.2, 0.25) is 0 Å². The molecule has 0 N–H and O–H groups in total. The Morgan fingerprint density at radius 3 is 2.79 bits per heavy atom. The number of anilines is 1. The zero-order valence-corrected chi connectivity index (χ0v) is 17.1. The van der Waals surface area contributed by atoms with Crippen molar-refractivity contribution in [2.75, 3.05) is 31.1 Å². The quantitative estimate of drug-likeness (QED) is 0.649. The Labute approximate surface area is 167 Å². The highest BCUT2D eigenvalue weighted by molar-refractivity contribution is 5.69. The van der Waals surface area contributed by atoms with Crippen molar-refractivity contribution in [3.63, 3.8) is 0 Å². The van der Waals surface area contributed by atoms with E-state index < -0.39 is 0 Å². The predicted octanol–water partition coefficient (Wildman–Crippen LogP) is 3.75. The van der Waals surface area contributed by atoms with Crippen molar-refractivity contribution in [3.8, 4) is 11.5 Å². The molecule has 28 heavy (non-hydrogen) atoms. The van der Waals surface area contributed by atoms with E-state index in [1.807, 2.05) is 0 Å². The van der Waals surface area contributed by atoms with Gasteiger partial charge < -0.3 is 9.64 Å². The lowest BCUT2D eigenvalue weighted by molar-refractivity contribution is 0.460. The molecule has 0 amide bonds. The topological polar surface area (TPSA) is 27.8 Å². The van der Waals surface area contributed by atoms with E-state index in [2.05, 4.69) is 47.6 Å². The molecular weight excluding hydrogens is 346 g/mol. The van der Waals surface area contributed by atoms with E-state index in [0.29, 0.717) is 0 Å². The molecule has 0 saturated carbocycles. The molecule has 0 atom stereocenters. The van der Waals surface area contributed by atoms with Crippen molar-refractivity contribution in [2.24, 2.45) is 4.99 Å². The SMILES string of the molecule is CCCC[N+]1=c2cc3c(cc2CCC1)=Nc1cc2c(cc1O3)N(CC)CCC2. The lowest BCUT2D eigenvalue weighted by atomic mass is 10.00. The molecule has 2 aromatic carbocycles. The van der Waals surface area contributed by atoms with Gasteiger partial charge in [0.15, 0.2) is 11.5 Å². The number of hydrogen-bond acceptors (Lipinski definition) is 3. The van der Waals surface area contributed by atoms with Gasteiger partial charge in [-0.3, -0.25) is 0 Å². The summed E-state index contributed by atoms with van der Waals surface area (Å²) in [4.78, 5) is 7.46. The standard InChI is InChI=1S/C24H30N3O/c1-3-5-10-27-12-7-9-18-14-20-24(16-22(18)27)28-23-15-21-17(13-19(23)25-20)8-6-11-26(21)4-2/h13-16H,3-12H2,1-2H3/q+1. The first kappa shape index (κ1) is 17.7. The molecule has 0 radical (unpaired) electrons. The Morgan fingerprint density at radius 1 is 1.04 bits per heavy atom. The highest BCUT2D eigenvalue weighted by atomic mass is 16.5. The Bertz CT molecular complexity index is 1040. The minimum Gasteiger partial charge on any atom is -0.452 e. The highest BCUT2D eigenvalue weighted by Gasteiger charge is 2.24. The van der Waals surface area contributed by atoms with Gasteiger partial charge in [-0.15, -0.1) is 0 Å². The fourth-order valence-corrected chi connectivity index (χ4v) is 4.85. The molecule has 0 aliphatic carbocycles. The second-order valence-corrected chi connectivity index (χ2v) is 8.24. The minimum atomic E-state index is 0.905. The average Bonchev–Trinajstić information content (AvgIpc) is 2.73. The zero-order chi connectivity index (χ0) is 19.1. The first-order valence-corrected chi connectivity index (χ1v) is 11.0. The van der Waals surface area contributed by atoms with Gasteiger partial charge in [-0.2, -0.15) is 0 Å². The number of ether oxygens (including phenoxy) is 1. The number of aryl methyl sites for hydroxylation is 2. The van der Waals surface area contributed by atoms with E-state index in [-0.39, 0.29) is 0 Å². The molecule has 5 rings (SSSR count). The highest BCUT2D eigenvalue weighted by Crippen LogP contribution is 2.41. The first-order chi connectivity index (χ1) is 13.8. The zero-order valence-electron chi connectivity index (χ0n) is 17.1. The van der Waals surface area contributed by atoms with Crippen molar-refractivity contribution in [1.29, 1.82) is 0 Å². The lowest BCUT2D eigenvalue weighted by Crippen LogP contribution is -2.39. The molecule has 4 heteroatoms. The summed E-state index contributed by atoms with van der Waals surface area (Å²) in [6.45, 7) is 8.95. The molecule has 0 unspecified atom stereocenters. The molecule has 3 aliphatic heterocycles. The summed E-state index contributed by atoms with van der Waals surface area (Å²) in [5, 5.41) is 2.34. The Morgan fingerprint density at radius 2 is 1.93 bits per heavy atom. The first-order valence-electron chi connectivity index (χ1n) is 11.0. The van der Waals surface area contributed by atoms with Crippen LogP contribution in [0.4, 0.5) is 11.4 Å². The average molecular weight is 377 g/mol. The lowest BCUT2D eigenvalue weighted by Gasteiger charge is -2.31. The summed E-state index contributed by atoms with van der Waals surface area (Å²) < 4.78 is 8.94. The Hall–Kier alpha value is -2.36. The molecule has 0 aromatic heterocycles. The summed E-state index contributed by atoms with van der Waals surface area (Å²) in [6, 6.07) is 8.98. The van der Waals surface area contributed by atoms with E-state index in [4.69, 9.17) is 9.73 Å². The molecule has 146 valence electrons. The molecule has 0 spiro atoms. The van der Waals surface area contributed by atoms with Crippen LogP contribution >= 0.6 is 0 Å². The summed E-state index contributed by atoms with van der Waals surface area (Å²) in [5.41, 5.74) is 5.15. The smallest absolute Gasteiger partial charge is 0.207 e. The van der Waals surface area contributed by atoms with Gasteiger partial charge in [0.1, 0.15) is 24.1 Å². The Kier molecular flexibility index (Phi) is 4.58. The van der Waals surface area contributed by atoms with Crippen LogP contribution in [0, 0.1) is 0 Å². The van der Waals surface area contributed by atoms with E-state index in [1.165, 1.54) is 47.9 Å². The monoisotopic (exact) mass is 376 g/mol. The summed E-state index contributed by atoms with van der Waals surface area (Å²) in [7, 11) is 0. The fourth-order valence-electron chi connectivity index (χ4n) is 4.85. The number of rotatable bonds is 4. The van der Waals surface area contributed by atoms with Crippen LogP contribution in [-0.4, -0.2) is 26.2 Å². The van der Waals surface area contributed by atoms with E-state index in [9.17, 15) is 0 Å². The van der Waals surface area contributed by atoms with Crippen LogP contribution in [0.25, 0.3) is 0 Å². The molecular formula is C24H30N3O+. The maximum atomic E-state index is 6.41. The predicted molar refractivity (Wildman–Crippen MR) is 114 cm³/mol. The third kappa shape index (κ3) is 2.99. The van der Waals surface area contributed by atoms with Crippen LogP contribution < -0.4 is 24.9 Å². The third-order valence-corrected chi connectivity index (χ3v) is 6.37. The number of nitrogens with zero attached hydrogens (tertiary/aromatic N) is 3. The molecule has 3 aliphatic rings. The summed E-state index contributed by atoms with van der Waals surface area (Å²) in [5.74, 6) is 1.82. The second-order valence-electron chi connectivity index (χ2n) is 8.24. The van der Waals surface area contributed by atoms with E-state index >= 15 is 0 Å². The van der Waals surface area contributed by atoms with Gasteiger partial charge in [-0.25, -0.2) is 9.57 Å². The molecule has 3 heterocycles. The summed E-state index contributed by atoms with van der Waals surface area (Å²) in [6.07, 6.45) is 7.20. The van der Waals surface area contributed by atoms with E-state index in [1.54, 1.807) is 0 Å². The van der Waals surface area contributed by atoms with Crippen molar-refractivity contribution >= 4 is 11.4 Å². The van der Waals surface area contributed by atoms with Crippen LogP contribution in [0.5, 0.6) is 11.5 Å². The summed E-state index contributed by atoms with van der Waals surface area (Å²) >= 11 is 0. The fraction of sp³-hybridized carbons (Fsp3) is 0.500. The largest absolute Gasteiger partial charge is 0.452 e. The minimum absolute atomic E-state index is 0.905. The number of fused-ring (bicyclic) bond motifs is 4. The van der Waals surface area contributed by atoms with Gasteiger partial charge in [0, 0.05) is 43.2 Å². The van der Waals surface area contributed by atoms with Crippen LogP contribution in [0.3, 0.4) is 0 Å². The number of benzene rings is 2. The Balaban J connectivity index is 1.62. The van der Waals surface area contributed by atoms with Gasteiger partial charge >= 0.3 is 0 Å². The maximum Gasteiger partial charge on any atom is 0.207 e. The van der Waals surface area contributed by atoms with Gasteiger partial charge in [-0.1, -0.05) is 13.3 Å². The molecule has 2 aromatic rings. The number of hydrogen-bond donors (Lipinski definition) is 0.